The Bertz CT molecular complexity index is 193. The van der Waals surface area contributed by atoms with Crippen LogP contribution in [0.1, 0.15) is 20.8 Å². The molecule has 0 aliphatic carbocycles. The van der Waals surface area contributed by atoms with E-state index < -0.39 is 6.04 Å². The molecule has 0 aromatic rings. The van der Waals surface area contributed by atoms with E-state index in [1.807, 2.05) is 13.8 Å². The van der Waals surface area contributed by atoms with Crippen LogP contribution >= 0.6 is 0 Å². The summed E-state index contributed by atoms with van der Waals surface area (Å²) in [6, 6.07) is -0.719. The van der Waals surface area contributed by atoms with Crippen LogP contribution in [0.5, 0.6) is 0 Å². The molecule has 0 spiro atoms. The first kappa shape index (κ1) is 11.0. The van der Waals surface area contributed by atoms with Gasteiger partial charge in [-0.3, -0.25) is 4.79 Å². The number of carbonyl (C=O) groups excluding carboxylic acids is 1. The summed E-state index contributed by atoms with van der Waals surface area (Å²) in [6.07, 6.45) is 5.09. The lowest BCUT2D eigenvalue weighted by Gasteiger charge is -2.16. The zero-order chi connectivity index (χ0) is 9.72. The Hall–Kier alpha value is -1.01. The van der Waals surface area contributed by atoms with E-state index in [0.717, 1.165) is 0 Å². The second kappa shape index (κ2) is 4.78. The van der Waals surface area contributed by atoms with Crippen LogP contribution in [0.3, 0.4) is 0 Å². The Labute approximate surface area is 73.7 Å². The molecule has 0 saturated carbocycles. The summed E-state index contributed by atoms with van der Waals surface area (Å²) in [4.78, 5) is 11.2. The smallest absolute Gasteiger partial charge is 0.238 e. The van der Waals surface area contributed by atoms with Crippen molar-refractivity contribution in [2.45, 2.75) is 32.9 Å². The second-order valence-corrected chi connectivity index (χ2v) is 3.17. The zero-order valence-corrected chi connectivity index (χ0v) is 7.79. The number of hydrogen-bond donors (Lipinski definition) is 2. The first-order valence-corrected chi connectivity index (χ1v) is 4.01. The van der Waals surface area contributed by atoms with Gasteiger partial charge in [-0.15, -0.1) is 6.42 Å². The zero-order valence-electron chi connectivity index (χ0n) is 7.79. The van der Waals surface area contributed by atoms with Crippen LogP contribution in [-0.4, -0.2) is 18.0 Å². The number of carbonyl (C=O) groups is 1. The van der Waals surface area contributed by atoms with Gasteiger partial charge in [0.15, 0.2) is 0 Å². The van der Waals surface area contributed by atoms with Crippen molar-refractivity contribution in [2.24, 2.45) is 11.7 Å². The van der Waals surface area contributed by atoms with Crippen molar-refractivity contribution in [3.63, 3.8) is 0 Å². The van der Waals surface area contributed by atoms with Crippen molar-refractivity contribution >= 4 is 5.91 Å². The molecule has 0 saturated heterocycles. The molecule has 12 heavy (non-hydrogen) atoms. The standard InChI is InChI=1S/C9H16N2O/c1-5-7(4)11-9(12)8(10)6(2)3/h1,6-8H,10H2,2-4H3,(H,11,12)/t7?,8-/m1/s1. The molecule has 0 heterocycles. The minimum Gasteiger partial charge on any atom is -0.341 e. The Morgan fingerprint density at radius 2 is 2.00 bits per heavy atom. The van der Waals surface area contributed by atoms with Gasteiger partial charge < -0.3 is 11.1 Å². The normalized spacial score (nSPS) is 15.0. The largest absolute Gasteiger partial charge is 0.341 e. The lowest BCUT2D eigenvalue weighted by molar-refractivity contribution is -0.123. The van der Waals surface area contributed by atoms with E-state index in [2.05, 4.69) is 11.2 Å². The highest BCUT2D eigenvalue weighted by atomic mass is 16.2. The highest BCUT2D eigenvalue weighted by Crippen LogP contribution is 1.97. The fourth-order valence-corrected chi connectivity index (χ4v) is 0.654. The highest BCUT2D eigenvalue weighted by Gasteiger charge is 2.17. The first-order valence-electron chi connectivity index (χ1n) is 4.01. The van der Waals surface area contributed by atoms with Gasteiger partial charge in [0, 0.05) is 0 Å². The van der Waals surface area contributed by atoms with Crippen molar-refractivity contribution in [2.75, 3.05) is 0 Å². The van der Waals surface area contributed by atoms with E-state index in [1.54, 1.807) is 6.92 Å². The molecule has 68 valence electrons. The van der Waals surface area contributed by atoms with Crippen molar-refractivity contribution in [3.8, 4) is 12.3 Å². The molecule has 3 N–H and O–H groups in total. The monoisotopic (exact) mass is 168 g/mol. The van der Waals surface area contributed by atoms with Gasteiger partial charge >= 0.3 is 0 Å². The molecule has 0 radical (unpaired) electrons. The second-order valence-electron chi connectivity index (χ2n) is 3.17. The molecule has 1 unspecified atom stereocenters. The third-order valence-corrected chi connectivity index (χ3v) is 1.63. The Kier molecular flexibility index (Phi) is 4.38. The van der Waals surface area contributed by atoms with Crippen molar-refractivity contribution in [3.05, 3.63) is 0 Å². The maximum Gasteiger partial charge on any atom is 0.238 e. The van der Waals surface area contributed by atoms with Gasteiger partial charge in [-0.2, -0.15) is 0 Å². The molecule has 0 aromatic carbocycles. The van der Waals surface area contributed by atoms with E-state index in [-0.39, 0.29) is 17.9 Å². The van der Waals surface area contributed by atoms with E-state index in [0.29, 0.717) is 0 Å². The van der Waals surface area contributed by atoms with Gasteiger partial charge in [-0.05, 0) is 12.8 Å². The molecule has 0 aliphatic rings. The molecule has 3 nitrogen and oxygen atoms in total. The molecule has 1 amide bonds. The average Bonchev–Trinajstić information content (AvgIpc) is 2.02. The van der Waals surface area contributed by atoms with Gasteiger partial charge in [0.1, 0.15) is 0 Å². The fraction of sp³-hybridized carbons (Fsp3) is 0.667. The van der Waals surface area contributed by atoms with Gasteiger partial charge in [-0.25, -0.2) is 0 Å². The number of nitrogens with one attached hydrogen (secondary N) is 1. The fourth-order valence-electron chi connectivity index (χ4n) is 0.654. The lowest BCUT2D eigenvalue weighted by Crippen LogP contribution is -2.46. The SMILES string of the molecule is C#CC(C)NC(=O)[C@H](N)C(C)C. The van der Waals surface area contributed by atoms with E-state index in [1.165, 1.54) is 0 Å². The molecule has 2 atom stereocenters. The topological polar surface area (TPSA) is 55.1 Å². The molecule has 0 bridgehead atoms. The Morgan fingerprint density at radius 1 is 1.50 bits per heavy atom. The van der Waals surface area contributed by atoms with Crippen LogP contribution in [0, 0.1) is 18.3 Å². The van der Waals surface area contributed by atoms with Crippen LogP contribution in [0.4, 0.5) is 0 Å². The predicted molar refractivity (Wildman–Crippen MR) is 49.3 cm³/mol. The molecular weight excluding hydrogens is 152 g/mol. The quantitative estimate of drug-likeness (QED) is 0.587. The van der Waals surface area contributed by atoms with Gasteiger partial charge in [0.05, 0.1) is 12.1 Å². The number of nitrogens with two attached hydrogens (primary N) is 1. The Morgan fingerprint density at radius 3 is 2.33 bits per heavy atom. The summed E-state index contributed by atoms with van der Waals surface area (Å²) in [5.41, 5.74) is 5.58. The highest BCUT2D eigenvalue weighted by molar-refractivity contribution is 5.82. The number of amides is 1. The van der Waals surface area contributed by atoms with Crippen LogP contribution in [0.25, 0.3) is 0 Å². The van der Waals surface area contributed by atoms with Crippen molar-refractivity contribution < 1.29 is 4.79 Å². The molecule has 0 aromatic heterocycles. The van der Waals surface area contributed by atoms with Crippen molar-refractivity contribution in [1.82, 2.24) is 5.32 Å². The van der Waals surface area contributed by atoms with Gasteiger partial charge in [-0.1, -0.05) is 19.8 Å². The van der Waals surface area contributed by atoms with Crippen LogP contribution < -0.4 is 11.1 Å². The number of rotatable bonds is 3. The summed E-state index contributed by atoms with van der Waals surface area (Å²) in [6.45, 7) is 5.53. The maximum absolute atomic E-state index is 11.2. The number of hydrogen-bond acceptors (Lipinski definition) is 2. The third-order valence-electron chi connectivity index (χ3n) is 1.63. The van der Waals surface area contributed by atoms with Crippen LogP contribution in [-0.2, 0) is 4.79 Å². The summed E-state index contributed by atoms with van der Waals surface area (Å²) < 4.78 is 0. The summed E-state index contributed by atoms with van der Waals surface area (Å²) in [7, 11) is 0. The van der Waals surface area contributed by atoms with Gasteiger partial charge in [0.25, 0.3) is 0 Å². The molecule has 0 rings (SSSR count). The number of terminal acetylenes is 1. The molecular formula is C9H16N2O. The van der Waals surface area contributed by atoms with E-state index in [9.17, 15) is 4.79 Å². The van der Waals surface area contributed by atoms with Crippen LogP contribution in [0.2, 0.25) is 0 Å². The van der Waals surface area contributed by atoms with E-state index >= 15 is 0 Å². The minimum atomic E-state index is -0.471. The minimum absolute atomic E-state index is 0.134. The molecule has 3 heteroatoms. The molecule has 0 fully saturated rings. The van der Waals surface area contributed by atoms with Crippen LogP contribution in [0.15, 0.2) is 0 Å². The first-order chi connectivity index (χ1) is 5.49. The summed E-state index contributed by atoms with van der Waals surface area (Å²) >= 11 is 0. The van der Waals surface area contributed by atoms with Gasteiger partial charge in [0.2, 0.25) is 5.91 Å². The molecule has 0 aliphatic heterocycles. The predicted octanol–water partition coefficient (Wildman–Crippen LogP) is 0.108. The Balaban J connectivity index is 3.98. The maximum atomic E-state index is 11.2. The lowest BCUT2D eigenvalue weighted by atomic mass is 10.0. The average molecular weight is 168 g/mol. The summed E-state index contributed by atoms with van der Waals surface area (Å²) in [5.74, 6) is 2.35. The summed E-state index contributed by atoms with van der Waals surface area (Å²) in [5, 5.41) is 2.61. The third kappa shape index (κ3) is 3.40. The van der Waals surface area contributed by atoms with E-state index in [4.69, 9.17) is 12.2 Å². The van der Waals surface area contributed by atoms with Crippen molar-refractivity contribution in [1.29, 1.82) is 0 Å².